The summed E-state index contributed by atoms with van der Waals surface area (Å²) in [6.07, 6.45) is 2.41. The third-order valence-electron chi connectivity index (χ3n) is 3.81. The second-order valence-corrected chi connectivity index (χ2v) is 6.11. The molecule has 1 N–H and O–H groups in total. The van der Waals surface area contributed by atoms with Crippen molar-refractivity contribution >= 4 is 11.6 Å². The van der Waals surface area contributed by atoms with Gasteiger partial charge >= 0.3 is 0 Å². The lowest BCUT2D eigenvalue weighted by atomic mass is 9.99. The van der Waals surface area contributed by atoms with Gasteiger partial charge < -0.3 is 15.0 Å². The van der Waals surface area contributed by atoms with Crippen LogP contribution in [0.2, 0.25) is 0 Å². The first-order valence-electron chi connectivity index (χ1n) is 7.83. The summed E-state index contributed by atoms with van der Waals surface area (Å²) in [5.41, 5.74) is 0.949. The standard InChI is InChI=1S/C17H26N2O2/c1-13(2)21-16-6-4-15(5-7-16)18-12-17(20)19-10-8-14(3)9-11-19/h4-7,13-14,18H,8-12H2,1-3H3. The fourth-order valence-corrected chi connectivity index (χ4v) is 2.47. The van der Waals surface area contributed by atoms with Crippen LogP contribution in [0.5, 0.6) is 5.75 Å². The van der Waals surface area contributed by atoms with Gasteiger partial charge in [0.1, 0.15) is 5.75 Å². The lowest BCUT2D eigenvalue weighted by Gasteiger charge is -2.30. The zero-order chi connectivity index (χ0) is 15.2. The van der Waals surface area contributed by atoms with Crippen LogP contribution in [0, 0.1) is 5.92 Å². The number of nitrogens with zero attached hydrogens (tertiary/aromatic N) is 1. The number of anilines is 1. The van der Waals surface area contributed by atoms with Crippen molar-refractivity contribution in [2.75, 3.05) is 25.0 Å². The molecule has 0 saturated carbocycles. The van der Waals surface area contributed by atoms with Crippen LogP contribution >= 0.6 is 0 Å². The Morgan fingerprint density at radius 1 is 1.29 bits per heavy atom. The Morgan fingerprint density at radius 3 is 2.48 bits per heavy atom. The smallest absolute Gasteiger partial charge is 0.241 e. The number of hydrogen-bond acceptors (Lipinski definition) is 3. The van der Waals surface area contributed by atoms with Crippen LogP contribution < -0.4 is 10.1 Å². The maximum atomic E-state index is 12.1. The average molecular weight is 290 g/mol. The van der Waals surface area contributed by atoms with Crippen LogP contribution in [-0.2, 0) is 4.79 Å². The lowest BCUT2D eigenvalue weighted by Crippen LogP contribution is -2.40. The van der Waals surface area contributed by atoms with E-state index in [1.807, 2.05) is 43.0 Å². The maximum Gasteiger partial charge on any atom is 0.241 e. The third-order valence-corrected chi connectivity index (χ3v) is 3.81. The third kappa shape index (κ3) is 4.96. The highest BCUT2D eigenvalue weighted by Gasteiger charge is 2.19. The molecule has 0 aromatic heterocycles. The van der Waals surface area contributed by atoms with Crippen LogP contribution in [0.25, 0.3) is 0 Å². The number of carbonyl (C=O) groups excluding carboxylic acids is 1. The van der Waals surface area contributed by atoms with E-state index in [1.165, 1.54) is 0 Å². The van der Waals surface area contributed by atoms with E-state index in [0.717, 1.165) is 43.3 Å². The summed E-state index contributed by atoms with van der Waals surface area (Å²) in [6, 6.07) is 7.75. The van der Waals surface area contributed by atoms with Crippen LogP contribution in [0.3, 0.4) is 0 Å². The van der Waals surface area contributed by atoms with Gasteiger partial charge in [0.15, 0.2) is 0 Å². The summed E-state index contributed by atoms with van der Waals surface area (Å²) in [6.45, 7) is 8.40. The molecule has 1 heterocycles. The number of rotatable bonds is 5. The van der Waals surface area contributed by atoms with E-state index in [0.29, 0.717) is 6.54 Å². The maximum absolute atomic E-state index is 12.1. The van der Waals surface area contributed by atoms with Gasteiger partial charge in [0.25, 0.3) is 0 Å². The quantitative estimate of drug-likeness (QED) is 0.906. The van der Waals surface area contributed by atoms with Crippen molar-refractivity contribution < 1.29 is 9.53 Å². The number of nitrogens with one attached hydrogen (secondary N) is 1. The molecule has 21 heavy (non-hydrogen) atoms. The monoisotopic (exact) mass is 290 g/mol. The molecule has 2 rings (SSSR count). The highest BCUT2D eigenvalue weighted by atomic mass is 16.5. The topological polar surface area (TPSA) is 41.6 Å². The van der Waals surface area contributed by atoms with E-state index in [1.54, 1.807) is 0 Å². The zero-order valence-electron chi connectivity index (χ0n) is 13.3. The molecule has 1 amide bonds. The molecule has 1 aromatic rings. The Hall–Kier alpha value is -1.71. The van der Waals surface area contributed by atoms with Gasteiger partial charge in [-0.3, -0.25) is 4.79 Å². The molecule has 0 radical (unpaired) electrons. The van der Waals surface area contributed by atoms with Gasteiger partial charge in [-0.25, -0.2) is 0 Å². The molecule has 0 spiro atoms. The molecule has 1 aromatic carbocycles. The Morgan fingerprint density at radius 2 is 1.90 bits per heavy atom. The first-order valence-corrected chi connectivity index (χ1v) is 7.83. The second-order valence-electron chi connectivity index (χ2n) is 6.11. The van der Waals surface area contributed by atoms with Crippen molar-refractivity contribution in [1.82, 2.24) is 4.90 Å². The van der Waals surface area contributed by atoms with Gasteiger partial charge in [0.2, 0.25) is 5.91 Å². The minimum absolute atomic E-state index is 0.173. The molecule has 116 valence electrons. The highest BCUT2D eigenvalue weighted by molar-refractivity contribution is 5.81. The summed E-state index contributed by atoms with van der Waals surface area (Å²) in [7, 11) is 0. The van der Waals surface area contributed by atoms with Crippen molar-refractivity contribution in [3.05, 3.63) is 24.3 Å². The molecule has 1 aliphatic heterocycles. The van der Waals surface area contributed by atoms with Gasteiger partial charge in [0.05, 0.1) is 12.6 Å². The largest absolute Gasteiger partial charge is 0.491 e. The predicted molar refractivity (Wildman–Crippen MR) is 85.7 cm³/mol. The Balaban J connectivity index is 1.78. The van der Waals surface area contributed by atoms with Gasteiger partial charge in [-0.05, 0) is 56.9 Å². The fraction of sp³-hybridized carbons (Fsp3) is 0.588. The lowest BCUT2D eigenvalue weighted by molar-refractivity contribution is -0.130. The molecule has 0 aliphatic carbocycles. The molecule has 4 heteroatoms. The Bertz CT molecular complexity index is 448. The number of hydrogen-bond donors (Lipinski definition) is 1. The Labute approximate surface area is 127 Å². The van der Waals surface area contributed by atoms with Gasteiger partial charge in [0, 0.05) is 18.8 Å². The fourth-order valence-electron chi connectivity index (χ4n) is 2.47. The molecule has 0 unspecified atom stereocenters. The van der Waals surface area contributed by atoms with Crippen LogP contribution in [0.1, 0.15) is 33.6 Å². The van der Waals surface area contributed by atoms with Gasteiger partial charge in [-0.15, -0.1) is 0 Å². The van der Waals surface area contributed by atoms with E-state index in [-0.39, 0.29) is 12.0 Å². The summed E-state index contributed by atoms with van der Waals surface area (Å²) in [5.74, 6) is 1.78. The van der Waals surface area contributed by atoms with Crippen molar-refractivity contribution in [2.24, 2.45) is 5.92 Å². The first-order chi connectivity index (χ1) is 10.0. The first kappa shape index (κ1) is 15.7. The number of likely N-dealkylation sites (tertiary alicyclic amines) is 1. The number of carbonyl (C=O) groups is 1. The number of piperidine rings is 1. The van der Waals surface area contributed by atoms with Gasteiger partial charge in [-0.2, -0.15) is 0 Å². The number of amides is 1. The Kier molecular flexibility index (Phi) is 5.48. The van der Waals surface area contributed by atoms with Crippen LogP contribution in [0.15, 0.2) is 24.3 Å². The molecule has 1 aliphatic rings. The summed E-state index contributed by atoms with van der Waals surface area (Å²) >= 11 is 0. The second kappa shape index (κ2) is 7.34. The van der Waals surface area contributed by atoms with E-state index in [4.69, 9.17) is 4.74 Å². The van der Waals surface area contributed by atoms with Crippen molar-refractivity contribution in [3.8, 4) is 5.75 Å². The van der Waals surface area contributed by atoms with E-state index >= 15 is 0 Å². The summed E-state index contributed by atoms with van der Waals surface area (Å²) in [4.78, 5) is 14.1. The summed E-state index contributed by atoms with van der Waals surface area (Å²) < 4.78 is 5.60. The van der Waals surface area contributed by atoms with Crippen molar-refractivity contribution in [3.63, 3.8) is 0 Å². The predicted octanol–water partition coefficient (Wildman–Crippen LogP) is 3.14. The minimum Gasteiger partial charge on any atom is -0.491 e. The number of benzene rings is 1. The molecular formula is C17H26N2O2. The zero-order valence-corrected chi connectivity index (χ0v) is 13.3. The minimum atomic E-state index is 0.173. The molecular weight excluding hydrogens is 264 g/mol. The summed E-state index contributed by atoms with van der Waals surface area (Å²) in [5, 5.41) is 3.19. The molecule has 4 nitrogen and oxygen atoms in total. The SMILES string of the molecule is CC1CCN(C(=O)CNc2ccc(OC(C)C)cc2)CC1. The molecule has 1 fully saturated rings. The average Bonchev–Trinajstić information content (AvgIpc) is 2.46. The van der Waals surface area contributed by atoms with Crippen molar-refractivity contribution in [2.45, 2.75) is 39.7 Å². The van der Waals surface area contributed by atoms with Crippen LogP contribution in [0.4, 0.5) is 5.69 Å². The molecule has 0 bridgehead atoms. The highest BCUT2D eigenvalue weighted by Crippen LogP contribution is 2.18. The molecule has 0 atom stereocenters. The van der Waals surface area contributed by atoms with Gasteiger partial charge in [-0.1, -0.05) is 6.92 Å². The van der Waals surface area contributed by atoms with E-state index < -0.39 is 0 Å². The van der Waals surface area contributed by atoms with E-state index in [2.05, 4.69) is 12.2 Å². The molecule has 1 saturated heterocycles. The van der Waals surface area contributed by atoms with E-state index in [9.17, 15) is 4.79 Å². The van der Waals surface area contributed by atoms with Crippen molar-refractivity contribution in [1.29, 1.82) is 0 Å². The normalized spacial score (nSPS) is 16.1. The number of ether oxygens (including phenoxy) is 1. The van der Waals surface area contributed by atoms with Crippen LogP contribution in [-0.4, -0.2) is 36.5 Å².